The molecular formula is C10H21NO. The van der Waals surface area contributed by atoms with Gasteiger partial charge in [0, 0.05) is 13.7 Å². The highest BCUT2D eigenvalue weighted by atomic mass is 16.5. The lowest BCUT2D eigenvalue weighted by molar-refractivity contribution is 0.0781. The van der Waals surface area contributed by atoms with E-state index in [1.807, 2.05) is 0 Å². The van der Waals surface area contributed by atoms with E-state index in [-0.39, 0.29) is 0 Å². The number of ether oxygens (including phenoxy) is 1. The normalized spacial score (nSPS) is 19.2. The molecule has 2 nitrogen and oxygen atoms in total. The van der Waals surface area contributed by atoms with Crippen LogP contribution in [0.3, 0.4) is 0 Å². The van der Waals surface area contributed by atoms with Crippen LogP contribution >= 0.6 is 0 Å². The molecule has 0 radical (unpaired) electrons. The van der Waals surface area contributed by atoms with E-state index in [1.54, 1.807) is 7.11 Å². The lowest BCUT2D eigenvalue weighted by Crippen LogP contribution is -2.23. The number of nitrogens with zero attached hydrogens (tertiary/aromatic N) is 1. The molecule has 1 aliphatic rings. The third kappa shape index (κ3) is 3.55. The maximum Gasteiger partial charge on any atom is 0.0983 e. The Balaban J connectivity index is 1.99. The Bertz CT molecular complexity index is 110. The quantitative estimate of drug-likeness (QED) is 0.587. The van der Waals surface area contributed by atoms with Crippen LogP contribution in [0.5, 0.6) is 0 Å². The van der Waals surface area contributed by atoms with Crippen LogP contribution in [0.15, 0.2) is 0 Å². The third-order valence-corrected chi connectivity index (χ3v) is 2.74. The van der Waals surface area contributed by atoms with Gasteiger partial charge in [0.25, 0.3) is 0 Å². The largest absolute Gasteiger partial charge is 0.369 e. The van der Waals surface area contributed by atoms with Gasteiger partial charge in [-0.15, -0.1) is 0 Å². The van der Waals surface area contributed by atoms with E-state index in [1.165, 1.54) is 38.6 Å². The molecule has 0 aromatic carbocycles. The molecular weight excluding hydrogens is 150 g/mol. The smallest absolute Gasteiger partial charge is 0.0983 e. The van der Waals surface area contributed by atoms with Crippen molar-refractivity contribution in [3.05, 3.63) is 0 Å². The van der Waals surface area contributed by atoms with Gasteiger partial charge in [-0.1, -0.05) is 25.7 Å². The van der Waals surface area contributed by atoms with Crippen molar-refractivity contribution in [2.45, 2.75) is 32.1 Å². The lowest BCUT2D eigenvalue weighted by Gasteiger charge is -2.17. The molecule has 0 atom stereocenters. The third-order valence-electron chi connectivity index (χ3n) is 2.74. The van der Waals surface area contributed by atoms with Crippen LogP contribution in [0.1, 0.15) is 32.1 Å². The van der Waals surface area contributed by atoms with Crippen LogP contribution in [0.25, 0.3) is 0 Å². The topological polar surface area (TPSA) is 12.5 Å². The minimum atomic E-state index is 0.771. The van der Waals surface area contributed by atoms with E-state index in [0.29, 0.717) is 0 Å². The molecule has 0 unspecified atom stereocenters. The van der Waals surface area contributed by atoms with Crippen molar-refractivity contribution in [3.8, 4) is 0 Å². The second kappa shape index (κ2) is 5.55. The fourth-order valence-electron chi connectivity index (χ4n) is 1.99. The fourth-order valence-corrected chi connectivity index (χ4v) is 1.99. The molecule has 0 aromatic heterocycles. The maximum absolute atomic E-state index is 5.04. The van der Waals surface area contributed by atoms with Gasteiger partial charge in [0.05, 0.1) is 6.73 Å². The predicted molar refractivity (Wildman–Crippen MR) is 51.1 cm³/mol. The first-order valence-corrected chi connectivity index (χ1v) is 5.00. The molecule has 0 spiro atoms. The SMILES string of the molecule is COCN(C)CCC1CCCC1. The Morgan fingerprint density at radius 3 is 2.58 bits per heavy atom. The van der Waals surface area contributed by atoms with Crippen molar-refractivity contribution in [1.82, 2.24) is 4.90 Å². The Labute approximate surface area is 75.9 Å². The standard InChI is InChI=1S/C10H21NO/c1-11(9-12-2)8-7-10-5-3-4-6-10/h10H,3-9H2,1-2H3. The molecule has 2 heteroatoms. The summed E-state index contributed by atoms with van der Waals surface area (Å²) in [7, 11) is 3.88. The number of hydrogen-bond acceptors (Lipinski definition) is 2. The van der Waals surface area contributed by atoms with Crippen molar-refractivity contribution in [2.75, 3.05) is 27.4 Å². The predicted octanol–water partition coefficient (Wildman–Crippen LogP) is 2.10. The average Bonchev–Trinajstić information content (AvgIpc) is 2.53. The van der Waals surface area contributed by atoms with Crippen molar-refractivity contribution in [3.63, 3.8) is 0 Å². The highest BCUT2D eigenvalue weighted by Gasteiger charge is 2.14. The van der Waals surface area contributed by atoms with Crippen molar-refractivity contribution >= 4 is 0 Å². The van der Waals surface area contributed by atoms with Crippen molar-refractivity contribution in [2.24, 2.45) is 5.92 Å². The molecule has 0 aliphatic heterocycles. The molecule has 0 bridgehead atoms. The van der Waals surface area contributed by atoms with Crippen LogP contribution < -0.4 is 0 Å². The van der Waals surface area contributed by atoms with E-state index in [4.69, 9.17) is 4.74 Å². The summed E-state index contributed by atoms with van der Waals surface area (Å²) in [4.78, 5) is 2.25. The Morgan fingerprint density at radius 1 is 1.33 bits per heavy atom. The molecule has 72 valence electrons. The number of hydrogen-bond donors (Lipinski definition) is 0. The molecule has 0 N–H and O–H groups in total. The van der Waals surface area contributed by atoms with Gasteiger partial charge in [0.1, 0.15) is 0 Å². The van der Waals surface area contributed by atoms with Gasteiger partial charge < -0.3 is 4.74 Å². The second-order valence-corrected chi connectivity index (χ2v) is 3.94. The zero-order valence-electron chi connectivity index (χ0n) is 8.38. The van der Waals surface area contributed by atoms with Crippen LogP contribution in [0.2, 0.25) is 0 Å². The Morgan fingerprint density at radius 2 is 2.00 bits per heavy atom. The van der Waals surface area contributed by atoms with Crippen LogP contribution in [0.4, 0.5) is 0 Å². The summed E-state index contributed by atoms with van der Waals surface area (Å²) in [6.45, 7) is 1.96. The van der Waals surface area contributed by atoms with Gasteiger partial charge in [-0.25, -0.2) is 0 Å². The zero-order valence-corrected chi connectivity index (χ0v) is 8.38. The van der Waals surface area contributed by atoms with E-state index in [0.717, 1.165) is 12.6 Å². The maximum atomic E-state index is 5.04. The fraction of sp³-hybridized carbons (Fsp3) is 1.00. The van der Waals surface area contributed by atoms with Gasteiger partial charge in [-0.3, -0.25) is 4.90 Å². The first-order valence-electron chi connectivity index (χ1n) is 5.00. The molecule has 0 heterocycles. The van der Waals surface area contributed by atoms with Gasteiger partial charge in [0.2, 0.25) is 0 Å². The number of methoxy groups -OCH3 is 1. The molecule has 1 aliphatic carbocycles. The Hall–Kier alpha value is -0.0800. The van der Waals surface area contributed by atoms with Crippen LogP contribution in [-0.4, -0.2) is 32.3 Å². The van der Waals surface area contributed by atoms with Gasteiger partial charge in [0.15, 0.2) is 0 Å². The van der Waals surface area contributed by atoms with E-state index in [2.05, 4.69) is 11.9 Å². The Kier molecular flexibility index (Phi) is 4.62. The molecule has 1 fully saturated rings. The van der Waals surface area contributed by atoms with Gasteiger partial charge in [-0.05, 0) is 19.4 Å². The van der Waals surface area contributed by atoms with Crippen LogP contribution in [-0.2, 0) is 4.74 Å². The average molecular weight is 171 g/mol. The van der Waals surface area contributed by atoms with Gasteiger partial charge >= 0.3 is 0 Å². The van der Waals surface area contributed by atoms with E-state index < -0.39 is 0 Å². The van der Waals surface area contributed by atoms with Crippen molar-refractivity contribution < 1.29 is 4.74 Å². The summed E-state index contributed by atoms with van der Waals surface area (Å²) in [6, 6.07) is 0. The van der Waals surface area contributed by atoms with E-state index in [9.17, 15) is 0 Å². The monoisotopic (exact) mass is 171 g/mol. The molecule has 12 heavy (non-hydrogen) atoms. The highest BCUT2D eigenvalue weighted by molar-refractivity contribution is 4.68. The summed E-state index contributed by atoms with van der Waals surface area (Å²) in [5, 5.41) is 0. The zero-order chi connectivity index (χ0) is 8.81. The molecule has 1 rings (SSSR count). The minimum Gasteiger partial charge on any atom is -0.369 e. The molecule has 1 saturated carbocycles. The first kappa shape index (κ1) is 10.0. The minimum absolute atomic E-state index is 0.771. The summed E-state index contributed by atoms with van der Waals surface area (Å²) < 4.78 is 5.04. The molecule has 0 amide bonds. The summed E-state index contributed by atoms with van der Waals surface area (Å²) >= 11 is 0. The molecule has 0 aromatic rings. The highest BCUT2D eigenvalue weighted by Crippen LogP contribution is 2.27. The second-order valence-electron chi connectivity index (χ2n) is 3.94. The van der Waals surface area contributed by atoms with Crippen molar-refractivity contribution in [1.29, 1.82) is 0 Å². The van der Waals surface area contributed by atoms with Crippen LogP contribution in [0, 0.1) is 5.92 Å². The van der Waals surface area contributed by atoms with Gasteiger partial charge in [-0.2, -0.15) is 0 Å². The first-order chi connectivity index (χ1) is 5.83. The lowest BCUT2D eigenvalue weighted by atomic mass is 10.0. The summed E-state index contributed by atoms with van der Waals surface area (Å²) in [5.41, 5.74) is 0. The summed E-state index contributed by atoms with van der Waals surface area (Å²) in [6.07, 6.45) is 7.19. The molecule has 0 saturated heterocycles. The number of rotatable bonds is 5. The summed E-state index contributed by atoms with van der Waals surface area (Å²) in [5.74, 6) is 1.00. The van der Waals surface area contributed by atoms with E-state index >= 15 is 0 Å².